The Morgan fingerprint density at radius 3 is 2.71 bits per heavy atom. The van der Waals surface area contributed by atoms with Gasteiger partial charge in [0.05, 0.1) is 24.6 Å². The first-order valence-corrected chi connectivity index (χ1v) is 6.76. The van der Waals surface area contributed by atoms with Crippen LogP contribution in [0.3, 0.4) is 0 Å². The van der Waals surface area contributed by atoms with E-state index >= 15 is 0 Å². The molecule has 0 spiro atoms. The van der Waals surface area contributed by atoms with Crippen molar-refractivity contribution in [3.8, 4) is 17.6 Å². The summed E-state index contributed by atoms with van der Waals surface area (Å²) in [5.41, 5.74) is 1.45. The van der Waals surface area contributed by atoms with Crippen molar-refractivity contribution in [3.05, 3.63) is 58.9 Å². The van der Waals surface area contributed by atoms with E-state index in [-0.39, 0.29) is 12.5 Å². The van der Waals surface area contributed by atoms with E-state index in [1.54, 1.807) is 12.1 Å². The Balaban J connectivity index is 2.26. The molecule has 2 aromatic rings. The topological polar surface area (TPSA) is 42.2 Å². The fourth-order valence-corrected chi connectivity index (χ4v) is 2.11. The van der Waals surface area contributed by atoms with E-state index in [1.165, 1.54) is 25.3 Å². The number of nitrogens with zero attached hydrogens (tertiary/aromatic N) is 1. The average Bonchev–Trinajstić information content (AvgIpc) is 2.53. The quantitative estimate of drug-likeness (QED) is 0.783. The second kappa shape index (κ2) is 6.96. The summed E-state index contributed by atoms with van der Waals surface area (Å²) in [7, 11) is 1.52. The Morgan fingerprint density at radius 1 is 1.24 bits per heavy atom. The van der Waals surface area contributed by atoms with E-state index in [1.807, 2.05) is 12.1 Å². The molecule has 0 unspecified atom stereocenters. The summed E-state index contributed by atoms with van der Waals surface area (Å²) in [4.78, 5) is 0. The number of hydrogen-bond acceptors (Lipinski definition) is 3. The first-order chi connectivity index (χ1) is 10.2. The van der Waals surface area contributed by atoms with Crippen molar-refractivity contribution in [2.45, 2.75) is 12.5 Å². The van der Waals surface area contributed by atoms with Crippen LogP contribution in [0.4, 0.5) is 4.39 Å². The molecule has 0 atom stereocenters. The number of nitriles is 1. The number of methoxy groups -OCH3 is 1. The summed E-state index contributed by atoms with van der Waals surface area (Å²) in [6, 6.07) is 11.5. The van der Waals surface area contributed by atoms with Gasteiger partial charge in [-0.1, -0.05) is 12.1 Å². The third kappa shape index (κ3) is 3.45. The number of halogens is 2. The van der Waals surface area contributed by atoms with Crippen LogP contribution in [0.25, 0.3) is 0 Å². The number of para-hydroxylation sites is 1. The van der Waals surface area contributed by atoms with Gasteiger partial charge in [0.1, 0.15) is 12.4 Å². The monoisotopic (exact) mass is 305 g/mol. The highest BCUT2D eigenvalue weighted by molar-refractivity contribution is 6.17. The van der Waals surface area contributed by atoms with Crippen molar-refractivity contribution in [2.75, 3.05) is 7.11 Å². The predicted molar refractivity (Wildman–Crippen MR) is 78.0 cm³/mol. The van der Waals surface area contributed by atoms with Gasteiger partial charge >= 0.3 is 0 Å². The maximum Gasteiger partial charge on any atom is 0.166 e. The molecule has 0 heterocycles. The van der Waals surface area contributed by atoms with Crippen molar-refractivity contribution in [1.82, 2.24) is 0 Å². The van der Waals surface area contributed by atoms with Crippen molar-refractivity contribution in [2.24, 2.45) is 0 Å². The van der Waals surface area contributed by atoms with Gasteiger partial charge in [0.2, 0.25) is 0 Å². The average molecular weight is 306 g/mol. The fourth-order valence-electron chi connectivity index (χ4n) is 1.90. The lowest BCUT2D eigenvalue weighted by molar-refractivity contribution is 0.277. The van der Waals surface area contributed by atoms with E-state index < -0.39 is 5.82 Å². The molecule has 0 aromatic heterocycles. The summed E-state index contributed by atoms with van der Waals surface area (Å²) in [5, 5.41) is 8.85. The van der Waals surface area contributed by atoms with Crippen LogP contribution in [0.1, 0.15) is 16.7 Å². The van der Waals surface area contributed by atoms with Crippen LogP contribution >= 0.6 is 11.6 Å². The van der Waals surface area contributed by atoms with Gasteiger partial charge < -0.3 is 9.47 Å². The van der Waals surface area contributed by atoms with E-state index in [2.05, 4.69) is 0 Å². The van der Waals surface area contributed by atoms with Gasteiger partial charge in [-0.25, -0.2) is 4.39 Å². The summed E-state index contributed by atoms with van der Waals surface area (Å²) in [6.45, 7) is -0.00832. The van der Waals surface area contributed by atoms with Crippen LogP contribution in [0.2, 0.25) is 0 Å². The number of benzene rings is 2. The molecule has 0 aliphatic carbocycles. The molecule has 0 bridgehead atoms. The molecule has 108 valence electrons. The summed E-state index contributed by atoms with van der Waals surface area (Å²) >= 11 is 5.87. The number of alkyl halides is 1. The highest BCUT2D eigenvalue weighted by Gasteiger charge is 2.12. The van der Waals surface area contributed by atoms with Gasteiger partial charge in [0.15, 0.2) is 11.5 Å². The van der Waals surface area contributed by atoms with E-state index in [9.17, 15) is 4.39 Å². The van der Waals surface area contributed by atoms with Gasteiger partial charge in [0, 0.05) is 11.1 Å². The highest BCUT2D eigenvalue weighted by Crippen LogP contribution is 2.32. The molecule has 0 aliphatic heterocycles. The Hall–Kier alpha value is -2.25. The van der Waals surface area contributed by atoms with Crippen LogP contribution in [0.15, 0.2) is 36.4 Å². The van der Waals surface area contributed by atoms with Crippen LogP contribution < -0.4 is 9.47 Å². The fraction of sp³-hybridized carbons (Fsp3) is 0.188. The molecule has 0 fully saturated rings. The molecular formula is C16H13ClFNO2. The maximum absolute atomic E-state index is 13.7. The van der Waals surface area contributed by atoms with E-state index in [0.29, 0.717) is 22.6 Å². The second-order valence-electron chi connectivity index (χ2n) is 4.29. The lowest BCUT2D eigenvalue weighted by Crippen LogP contribution is -2.02. The van der Waals surface area contributed by atoms with Crippen molar-refractivity contribution >= 4 is 11.6 Å². The molecule has 21 heavy (non-hydrogen) atoms. The Morgan fingerprint density at radius 2 is 2.05 bits per heavy atom. The molecule has 5 heteroatoms. The number of ether oxygens (including phenoxy) is 2. The molecule has 3 nitrogen and oxygen atoms in total. The minimum absolute atomic E-state index is 0.00832. The zero-order chi connectivity index (χ0) is 15.2. The SMILES string of the molecule is COc1cccc(CCl)c1OCc1cc(C#N)ccc1F. The van der Waals surface area contributed by atoms with Crippen LogP contribution in [-0.2, 0) is 12.5 Å². The molecule has 2 aromatic carbocycles. The first kappa shape index (κ1) is 15.1. The molecular weight excluding hydrogens is 293 g/mol. The molecule has 0 saturated carbocycles. The first-order valence-electron chi connectivity index (χ1n) is 6.22. The summed E-state index contributed by atoms with van der Waals surface area (Å²) in [5.74, 6) is 0.853. The van der Waals surface area contributed by atoms with Crippen molar-refractivity contribution in [1.29, 1.82) is 5.26 Å². The Bertz CT molecular complexity index is 660. The van der Waals surface area contributed by atoms with Crippen LogP contribution in [-0.4, -0.2) is 7.11 Å². The normalized spacial score (nSPS) is 10.0. The maximum atomic E-state index is 13.7. The largest absolute Gasteiger partial charge is 0.493 e. The van der Waals surface area contributed by atoms with Gasteiger partial charge in [-0.15, -0.1) is 11.6 Å². The van der Waals surface area contributed by atoms with Gasteiger partial charge in [-0.2, -0.15) is 5.26 Å². The van der Waals surface area contributed by atoms with E-state index in [4.69, 9.17) is 26.3 Å². The molecule has 2 rings (SSSR count). The zero-order valence-electron chi connectivity index (χ0n) is 11.4. The zero-order valence-corrected chi connectivity index (χ0v) is 12.2. The summed E-state index contributed by atoms with van der Waals surface area (Å²) < 4.78 is 24.6. The van der Waals surface area contributed by atoms with Crippen molar-refractivity contribution in [3.63, 3.8) is 0 Å². The van der Waals surface area contributed by atoms with Crippen LogP contribution in [0, 0.1) is 17.1 Å². The molecule has 0 N–H and O–H groups in total. The minimum Gasteiger partial charge on any atom is -0.493 e. The second-order valence-corrected chi connectivity index (χ2v) is 4.56. The van der Waals surface area contributed by atoms with Crippen LogP contribution in [0.5, 0.6) is 11.5 Å². The van der Waals surface area contributed by atoms with Gasteiger partial charge in [0.25, 0.3) is 0 Å². The van der Waals surface area contributed by atoms with Gasteiger partial charge in [-0.3, -0.25) is 0 Å². The van der Waals surface area contributed by atoms with Crippen molar-refractivity contribution < 1.29 is 13.9 Å². The molecule has 0 aliphatic rings. The van der Waals surface area contributed by atoms with Gasteiger partial charge in [-0.05, 0) is 24.3 Å². The lowest BCUT2D eigenvalue weighted by atomic mass is 10.1. The van der Waals surface area contributed by atoms with E-state index in [0.717, 1.165) is 5.56 Å². The molecule has 0 amide bonds. The molecule has 0 saturated heterocycles. The third-order valence-electron chi connectivity index (χ3n) is 2.97. The number of hydrogen-bond donors (Lipinski definition) is 0. The number of rotatable bonds is 5. The highest BCUT2D eigenvalue weighted by atomic mass is 35.5. The predicted octanol–water partition coefficient (Wildman–Crippen LogP) is 4.02. The molecule has 0 radical (unpaired) electrons. The minimum atomic E-state index is -0.420. The Kier molecular flexibility index (Phi) is 5.02. The Labute approximate surface area is 127 Å². The standard InChI is InChI=1S/C16H13ClFNO2/c1-20-15-4-2-3-12(8-17)16(15)21-10-13-7-11(9-19)5-6-14(13)18/h2-7H,8,10H2,1H3. The lowest BCUT2D eigenvalue weighted by Gasteiger charge is -2.14. The smallest absolute Gasteiger partial charge is 0.166 e. The third-order valence-corrected chi connectivity index (χ3v) is 3.26. The summed E-state index contributed by atoms with van der Waals surface area (Å²) in [6.07, 6.45) is 0.